The molecule has 21 heavy (non-hydrogen) atoms. The molecule has 0 radical (unpaired) electrons. The Bertz CT molecular complexity index is 816. The van der Waals surface area contributed by atoms with Crippen LogP contribution in [0, 0.1) is 0 Å². The predicted molar refractivity (Wildman–Crippen MR) is 82.6 cm³/mol. The molecule has 1 heterocycles. The van der Waals surface area contributed by atoms with E-state index in [2.05, 4.69) is 14.7 Å². The van der Waals surface area contributed by atoms with Crippen molar-refractivity contribution in [2.75, 3.05) is 4.72 Å². The lowest BCUT2D eigenvalue weighted by atomic mass is 10.2. The van der Waals surface area contributed by atoms with Gasteiger partial charge in [-0.1, -0.05) is 34.8 Å². The second-order valence-corrected chi connectivity index (χ2v) is 7.05. The summed E-state index contributed by atoms with van der Waals surface area (Å²) in [4.78, 5) is 17.4. The van der Waals surface area contributed by atoms with Crippen molar-refractivity contribution in [1.82, 2.24) is 9.97 Å². The molecule has 0 aliphatic carbocycles. The van der Waals surface area contributed by atoms with Crippen molar-refractivity contribution in [3.63, 3.8) is 0 Å². The van der Waals surface area contributed by atoms with Crippen LogP contribution >= 0.6 is 34.8 Å². The highest BCUT2D eigenvalue weighted by molar-refractivity contribution is 7.91. The van der Waals surface area contributed by atoms with Gasteiger partial charge in [-0.05, 0) is 23.8 Å². The summed E-state index contributed by atoms with van der Waals surface area (Å²) in [7, 11) is -3.85. The fraction of sp³-hybridized carbons (Fsp3) is 0.0909. The number of rotatable bonds is 4. The molecule has 0 saturated heterocycles. The first-order valence-electron chi connectivity index (χ1n) is 5.45. The number of nitrogens with one attached hydrogen (secondary N) is 2. The van der Waals surface area contributed by atoms with Crippen LogP contribution in [0.1, 0.15) is 5.56 Å². The number of nitrogens with zero attached hydrogens (tertiary/aromatic N) is 1. The van der Waals surface area contributed by atoms with E-state index in [0.29, 0.717) is 15.6 Å². The summed E-state index contributed by atoms with van der Waals surface area (Å²) in [5, 5.41) is 0.634. The van der Waals surface area contributed by atoms with E-state index < -0.39 is 21.3 Å². The van der Waals surface area contributed by atoms with Gasteiger partial charge in [0.2, 0.25) is 15.8 Å². The molecule has 0 fully saturated rings. The van der Waals surface area contributed by atoms with Crippen LogP contribution in [-0.4, -0.2) is 18.4 Å². The van der Waals surface area contributed by atoms with E-state index in [9.17, 15) is 13.2 Å². The Hall–Kier alpha value is -1.28. The van der Waals surface area contributed by atoms with Crippen LogP contribution in [0.15, 0.2) is 29.2 Å². The van der Waals surface area contributed by atoms with Crippen molar-refractivity contribution >= 4 is 50.6 Å². The number of H-pyrrole nitrogens is 1. The SMILES string of the molecule is O=c1[nH]c(Cl)cnc1NS(=O)(=O)Cc1cc(Cl)cc(Cl)c1. The van der Waals surface area contributed by atoms with E-state index in [1.165, 1.54) is 18.2 Å². The summed E-state index contributed by atoms with van der Waals surface area (Å²) in [6, 6.07) is 4.41. The molecular formula is C11H8Cl3N3O3S. The molecule has 0 aliphatic heterocycles. The molecule has 2 rings (SSSR count). The summed E-state index contributed by atoms with van der Waals surface area (Å²) in [6.07, 6.45) is 1.12. The third-order valence-electron chi connectivity index (χ3n) is 2.29. The average Bonchev–Trinajstić information content (AvgIpc) is 2.30. The first kappa shape index (κ1) is 16.1. The van der Waals surface area contributed by atoms with Gasteiger partial charge in [-0.25, -0.2) is 13.4 Å². The van der Waals surface area contributed by atoms with Crippen LogP contribution in [0.4, 0.5) is 5.82 Å². The van der Waals surface area contributed by atoms with E-state index >= 15 is 0 Å². The van der Waals surface area contributed by atoms with Crippen molar-refractivity contribution in [2.45, 2.75) is 5.75 Å². The van der Waals surface area contributed by atoms with Gasteiger partial charge < -0.3 is 4.98 Å². The van der Waals surface area contributed by atoms with Gasteiger partial charge >= 0.3 is 0 Å². The van der Waals surface area contributed by atoms with Crippen molar-refractivity contribution in [3.8, 4) is 0 Å². The van der Waals surface area contributed by atoms with Gasteiger partial charge in [0.1, 0.15) is 5.15 Å². The smallest absolute Gasteiger partial charge is 0.292 e. The van der Waals surface area contributed by atoms with Crippen LogP contribution in [0.3, 0.4) is 0 Å². The molecule has 1 aromatic heterocycles. The fourth-order valence-electron chi connectivity index (χ4n) is 1.55. The van der Waals surface area contributed by atoms with E-state index in [4.69, 9.17) is 34.8 Å². The van der Waals surface area contributed by atoms with E-state index in [1.807, 2.05) is 0 Å². The summed E-state index contributed by atoms with van der Waals surface area (Å²) < 4.78 is 26.1. The van der Waals surface area contributed by atoms with Gasteiger partial charge in [0.15, 0.2) is 0 Å². The maximum Gasteiger partial charge on any atom is 0.292 e. The average molecular weight is 369 g/mol. The first-order valence-corrected chi connectivity index (χ1v) is 8.24. The summed E-state index contributed by atoms with van der Waals surface area (Å²) in [5.74, 6) is -0.774. The Morgan fingerprint density at radius 3 is 2.33 bits per heavy atom. The van der Waals surface area contributed by atoms with E-state index in [-0.39, 0.29) is 11.0 Å². The second kappa shape index (κ2) is 6.23. The maximum absolute atomic E-state index is 12.0. The standard InChI is InChI=1S/C11H8Cl3N3O3S/c12-7-1-6(2-8(13)3-7)5-21(19,20)17-10-11(18)16-9(14)4-15-10/h1-4H,5H2,(H,15,17)(H,16,18). The van der Waals surface area contributed by atoms with Crippen LogP contribution in [0.5, 0.6) is 0 Å². The monoisotopic (exact) mass is 367 g/mol. The van der Waals surface area contributed by atoms with Crippen LogP contribution < -0.4 is 10.3 Å². The van der Waals surface area contributed by atoms with E-state index in [0.717, 1.165) is 6.20 Å². The summed E-state index contributed by atoms with van der Waals surface area (Å²) >= 11 is 17.1. The van der Waals surface area contributed by atoms with Gasteiger partial charge in [-0.2, -0.15) is 0 Å². The maximum atomic E-state index is 12.0. The van der Waals surface area contributed by atoms with Crippen molar-refractivity contribution in [2.24, 2.45) is 0 Å². The first-order chi connectivity index (χ1) is 9.75. The van der Waals surface area contributed by atoms with Crippen LogP contribution in [0.2, 0.25) is 15.2 Å². The molecule has 0 saturated carbocycles. The number of benzene rings is 1. The Morgan fingerprint density at radius 2 is 1.76 bits per heavy atom. The molecule has 112 valence electrons. The largest absolute Gasteiger partial charge is 0.308 e. The number of aromatic nitrogens is 2. The van der Waals surface area contributed by atoms with Crippen molar-refractivity contribution in [1.29, 1.82) is 0 Å². The number of aromatic amines is 1. The number of sulfonamides is 1. The molecule has 0 amide bonds. The minimum absolute atomic E-state index is 0.00423. The zero-order chi connectivity index (χ0) is 15.6. The molecule has 1 aromatic carbocycles. The minimum Gasteiger partial charge on any atom is -0.308 e. The van der Waals surface area contributed by atoms with Gasteiger partial charge in [-0.3, -0.25) is 9.52 Å². The Labute approximate surface area is 135 Å². The van der Waals surface area contributed by atoms with Crippen molar-refractivity contribution in [3.05, 3.63) is 55.5 Å². The molecule has 2 N–H and O–H groups in total. The second-order valence-electron chi connectivity index (χ2n) is 4.05. The van der Waals surface area contributed by atoms with Crippen LogP contribution in [0.25, 0.3) is 0 Å². The number of anilines is 1. The Kier molecular flexibility index (Phi) is 4.77. The summed E-state index contributed by atoms with van der Waals surface area (Å²) in [5.41, 5.74) is -0.361. The molecule has 6 nitrogen and oxygen atoms in total. The molecule has 0 unspecified atom stereocenters. The molecular weight excluding hydrogens is 361 g/mol. The highest BCUT2D eigenvalue weighted by Gasteiger charge is 2.15. The quantitative estimate of drug-likeness (QED) is 0.868. The molecule has 0 bridgehead atoms. The highest BCUT2D eigenvalue weighted by Crippen LogP contribution is 2.20. The number of halogens is 3. The van der Waals surface area contributed by atoms with Gasteiger partial charge in [0, 0.05) is 10.0 Å². The minimum atomic E-state index is -3.85. The van der Waals surface area contributed by atoms with Gasteiger partial charge in [-0.15, -0.1) is 0 Å². The Balaban J connectivity index is 2.24. The van der Waals surface area contributed by atoms with Gasteiger partial charge in [0.25, 0.3) is 5.56 Å². The number of hydrogen-bond acceptors (Lipinski definition) is 4. The summed E-state index contributed by atoms with van der Waals surface area (Å²) in [6.45, 7) is 0. The molecule has 10 heteroatoms. The number of hydrogen-bond donors (Lipinski definition) is 2. The highest BCUT2D eigenvalue weighted by atomic mass is 35.5. The topological polar surface area (TPSA) is 91.9 Å². The van der Waals surface area contributed by atoms with Crippen LogP contribution in [-0.2, 0) is 15.8 Å². The third kappa shape index (κ3) is 4.60. The lowest BCUT2D eigenvalue weighted by Gasteiger charge is -2.07. The zero-order valence-electron chi connectivity index (χ0n) is 10.2. The Morgan fingerprint density at radius 1 is 1.14 bits per heavy atom. The lowest BCUT2D eigenvalue weighted by molar-refractivity contribution is 0.600. The van der Waals surface area contributed by atoms with Gasteiger partial charge in [0.05, 0.1) is 11.9 Å². The van der Waals surface area contributed by atoms with E-state index in [1.54, 1.807) is 0 Å². The molecule has 0 atom stereocenters. The predicted octanol–water partition coefficient (Wildman–Crippen LogP) is 2.67. The molecule has 0 aliphatic rings. The molecule has 0 spiro atoms. The normalized spacial score (nSPS) is 11.4. The lowest BCUT2D eigenvalue weighted by Crippen LogP contribution is -2.22. The molecule has 2 aromatic rings. The zero-order valence-corrected chi connectivity index (χ0v) is 13.3. The third-order valence-corrected chi connectivity index (χ3v) is 4.13. The fourth-order valence-corrected chi connectivity index (χ4v) is 3.37. The van der Waals surface area contributed by atoms with Crippen molar-refractivity contribution < 1.29 is 8.42 Å².